The van der Waals surface area contributed by atoms with E-state index in [2.05, 4.69) is 10.5 Å². The number of nitro benzene ring substituents is 1. The first kappa shape index (κ1) is 21.4. The molecular formula is C20H15Cl2N3O5. The number of amides is 1. The Bertz CT molecular complexity index is 1130. The molecule has 0 fully saturated rings. The van der Waals surface area contributed by atoms with Crippen molar-refractivity contribution in [2.24, 2.45) is 5.10 Å². The van der Waals surface area contributed by atoms with E-state index in [1.54, 1.807) is 18.2 Å². The van der Waals surface area contributed by atoms with Crippen LogP contribution in [0, 0.1) is 17.0 Å². The van der Waals surface area contributed by atoms with Crippen molar-refractivity contribution in [1.29, 1.82) is 0 Å². The van der Waals surface area contributed by atoms with E-state index in [0.717, 1.165) is 17.2 Å². The first-order valence-corrected chi connectivity index (χ1v) is 9.34. The summed E-state index contributed by atoms with van der Waals surface area (Å²) in [6.07, 6.45) is 1.32. The molecule has 0 spiro atoms. The Morgan fingerprint density at radius 3 is 2.77 bits per heavy atom. The van der Waals surface area contributed by atoms with Gasteiger partial charge in [-0.3, -0.25) is 14.9 Å². The highest BCUT2D eigenvalue weighted by atomic mass is 35.5. The lowest BCUT2D eigenvalue weighted by Gasteiger charge is -2.05. The van der Waals surface area contributed by atoms with E-state index >= 15 is 0 Å². The van der Waals surface area contributed by atoms with Crippen LogP contribution in [0.3, 0.4) is 0 Å². The zero-order chi connectivity index (χ0) is 21.7. The van der Waals surface area contributed by atoms with Crippen molar-refractivity contribution in [3.05, 3.63) is 80.0 Å². The maximum atomic E-state index is 11.9. The number of hydrogen-bond acceptors (Lipinski definition) is 6. The van der Waals surface area contributed by atoms with Crippen LogP contribution in [0.15, 0.2) is 58.0 Å². The third kappa shape index (κ3) is 5.37. The number of benzene rings is 2. The predicted molar refractivity (Wildman–Crippen MR) is 113 cm³/mol. The average Bonchev–Trinajstić information content (AvgIpc) is 3.18. The number of carbonyl (C=O) groups excluding carboxylic acids is 1. The number of hydrazone groups is 1. The Morgan fingerprint density at radius 1 is 1.23 bits per heavy atom. The number of nitrogens with one attached hydrogen (secondary N) is 1. The number of ether oxygens (including phenoxy) is 1. The second-order valence-electron chi connectivity index (χ2n) is 6.12. The molecule has 0 aliphatic heterocycles. The summed E-state index contributed by atoms with van der Waals surface area (Å²) in [6, 6.07) is 12.9. The highest BCUT2D eigenvalue weighted by Gasteiger charge is 2.16. The topological polar surface area (TPSA) is 107 Å². The van der Waals surface area contributed by atoms with Crippen LogP contribution in [0.4, 0.5) is 5.69 Å². The first-order chi connectivity index (χ1) is 14.3. The molecule has 154 valence electrons. The van der Waals surface area contributed by atoms with Crippen molar-refractivity contribution in [2.75, 3.05) is 6.61 Å². The fourth-order valence-electron chi connectivity index (χ4n) is 2.42. The minimum atomic E-state index is -0.646. The van der Waals surface area contributed by atoms with Crippen LogP contribution in [-0.2, 0) is 4.79 Å². The number of hydrogen-bond donors (Lipinski definition) is 1. The summed E-state index contributed by atoms with van der Waals surface area (Å²) in [5.74, 6) is 0.336. The van der Waals surface area contributed by atoms with Gasteiger partial charge in [0.1, 0.15) is 11.5 Å². The molecule has 3 rings (SSSR count). The van der Waals surface area contributed by atoms with Crippen LogP contribution in [0.1, 0.15) is 11.3 Å². The fraction of sp³-hybridized carbons (Fsp3) is 0.100. The minimum absolute atomic E-state index is 0.0732. The van der Waals surface area contributed by atoms with Crippen molar-refractivity contribution in [1.82, 2.24) is 5.43 Å². The van der Waals surface area contributed by atoms with Crippen LogP contribution >= 0.6 is 23.2 Å². The van der Waals surface area contributed by atoms with Gasteiger partial charge in [-0.25, -0.2) is 5.43 Å². The van der Waals surface area contributed by atoms with Crippen molar-refractivity contribution < 1.29 is 18.9 Å². The summed E-state index contributed by atoms with van der Waals surface area (Å²) in [5, 5.41) is 15.6. The van der Waals surface area contributed by atoms with E-state index in [-0.39, 0.29) is 16.5 Å². The molecule has 0 radical (unpaired) electrons. The molecule has 1 aromatic heterocycles. The van der Waals surface area contributed by atoms with Crippen LogP contribution in [0.2, 0.25) is 10.0 Å². The molecule has 3 aromatic rings. The lowest BCUT2D eigenvalue weighted by atomic mass is 10.1. The van der Waals surface area contributed by atoms with Gasteiger partial charge in [-0.05, 0) is 42.8 Å². The summed E-state index contributed by atoms with van der Waals surface area (Å²) in [4.78, 5) is 22.2. The van der Waals surface area contributed by atoms with Gasteiger partial charge in [-0.1, -0.05) is 35.3 Å². The second-order valence-corrected chi connectivity index (χ2v) is 6.96. The molecule has 30 heavy (non-hydrogen) atoms. The lowest BCUT2D eigenvalue weighted by molar-refractivity contribution is -0.385. The van der Waals surface area contributed by atoms with Crippen LogP contribution < -0.4 is 10.2 Å². The van der Waals surface area contributed by atoms with Gasteiger partial charge in [0.25, 0.3) is 5.91 Å². The van der Waals surface area contributed by atoms with Gasteiger partial charge < -0.3 is 9.15 Å². The van der Waals surface area contributed by atoms with Gasteiger partial charge >= 0.3 is 5.69 Å². The number of rotatable bonds is 7. The predicted octanol–water partition coefficient (Wildman–Crippen LogP) is 5.00. The van der Waals surface area contributed by atoms with Crippen molar-refractivity contribution >= 4 is 41.0 Å². The van der Waals surface area contributed by atoms with Gasteiger partial charge in [0.15, 0.2) is 12.4 Å². The molecule has 0 bridgehead atoms. The number of aryl methyl sites for hydroxylation is 1. The summed E-state index contributed by atoms with van der Waals surface area (Å²) in [7, 11) is 0. The standard InChI is InChI=1S/C20H15Cl2N3O5/c1-12-2-3-13(8-16(12)22)18-7-5-15(30-18)10-23-24-20(26)11-29-19-6-4-14(21)9-17(19)25(27)28/h2-10H,11H2,1H3,(H,24,26)/b23-10+. The molecule has 0 atom stereocenters. The Labute approximate surface area is 181 Å². The van der Waals surface area contributed by atoms with Gasteiger partial charge in [-0.2, -0.15) is 5.10 Å². The van der Waals surface area contributed by atoms with Crippen LogP contribution in [0.5, 0.6) is 5.75 Å². The molecule has 2 aromatic carbocycles. The number of carbonyl (C=O) groups is 1. The number of nitrogens with zero attached hydrogens (tertiary/aromatic N) is 2. The van der Waals surface area contributed by atoms with E-state index in [1.807, 2.05) is 19.1 Å². The third-order valence-electron chi connectivity index (χ3n) is 3.94. The molecule has 0 aliphatic rings. The van der Waals surface area contributed by atoms with Crippen LogP contribution in [-0.4, -0.2) is 23.7 Å². The molecule has 1 amide bonds. The zero-order valence-electron chi connectivity index (χ0n) is 15.6. The summed E-state index contributed by atoms with van der Waals surface area (Å²) in [6.45, 7) is 1.44. The summed E-state index contributed by atoms with van der Waals surface area (Å²) in [5.41, 5.74) is 3.69. The summed E-state index contributed by atoms with van der Waals surface area (Å²) >= 11 is 11.9. The van der Waals surface area contributed by atoms with Gasteiger partial charge in [0, 0.05) is 21.7 Å². The third-order valence-corrected chi connectivity index (χ3v) is 4.58. The van der Waals surface area contributed by atoms with Gasteiger partial charge in [0.05, 0.1) is 11.1 Å². The van der Waals surface area contributed by atoms with Crippen LogP contribution in [0.25, 0.3) is 11.3 Å². The Morgan fingerprint density at radius 2 is 2.03 bits per heavy atom. The Hall–Kier alpha value is -3.36. The average molecular weight is 448 g/mol. The molecule has 0 unspecified atom stereocenters. The Balaban J connectivity index is 1.56. The normalized spacial score (nSPS) is 10.9. The fourth-order valence-corrected chi connectivity index (χ4v) is 2.77. The Kier molecular flexibility index (Phi) is 6.71. The van der Waals surface area contributed by atoms with Crippen molar-refractivity contribution in [2.45, 2.75) is 6.92 Å². The molecule has 0 saturated carbocycles. The monoisotopic (exact) mass is 447 g/mol. The van der Waals surface area contributed by atoms with Crippen molar-refractivity contribution in [3.63, 3.8) is 0 Å². The van der Waals surface area contributed by atoms with Crippen molar-refractivity contribution in [3.8, 4) is 17.1 Å². The smallest absolute Gasteiger partial charge is 0.312 e. The second kappa shape index (κ2) is 9.43. The van der Waals surface area contributed by atoms with E-state index in [9.17, 15) is 14.9 Å². The van der Waals surface area contributed by atoms with E-state index in [1.165, 1.54) is 18.3 Å². The molecule has 1 N–H and O–H groups in total. The highest BCUT2D eigenvalue weighted by Crippen LogP contribution is 2.30. The quantitative estimate of drug-likeness (QED) is 0.311. The largest absolute Gasteiger partial charge is 0.477 e. The zero-order valence-corrected chi connectivity index (χ0v) is 17.1. The first-order valence-electron chi connectivity index (χ1n) is 8.58. The number of nitro groups is 1. The number of halogens is 2. The molecule has 10 heteroatoms. The summed E-state index contributed by atoms with van der Waals surface area (Å²) < 4.78 is 10.8. The molecule has 0 aliphatic carbocycles. The molecule has 0 saturated heterocycles. The van der Waals surface area contributed by atoms with E-state index in [4.69, 9.17) is 32.4 Å². The molecule has 1 heterocycles. The highest BCUT2D eigenvalue weighted by molar-refractivity contribution is 6.31. The maximum Gasteiger partial charge on any atom is 0.312 e. The molecule has 8 nitrogen and oxygen atoms in total. The maximum absolute atomic E-state index is 11.9. The molecular weight excluding hydrogens is 433 g/mol. The SMILES string of the molecule is Cc1ccc(-c2ccc(/C=N/NC(=O)COc3ccc(Cl)cc3[N+](=O)[O-])o2)cc1Cl. The lowest BCUT2D eigenvalue weighted by Crippen LogP contribution is -2.24. The van der Waals surface area contributed by atoms with Gasteiger partial charge in [-0.15, -0.1) is 0 Å². The van der Waals surface area contributed by atoms with E-state index in [0.29, 0.717) is 16.5 Å². The number of furan rings is 1. The van der Waals surface area contributed by atoms with E-state index < -0.39 is 17.4 Å². The van der Waals surface area contributed by atoms with Gasteiger partial charge in [0.2, 0.25) is 0 Å². The minimum Gasteiger partial charge on any atom is -0.477 e.